The third-order valence-electron chi connectivity index (χ3n) is 2.80. The topological polar surface area (TPSA) is 57.6 Å². The highest BCUT2D eigenvalue weighted by Gasteiger charge is 2.36. The number of aryl methyl sites for hydroxylation is 1. The molecule has 0 fully saturated rings. The highest BCUT2D eigenvalue weighted by molar-refractivity contribution is 7.89. The maximum atomic E-state index is 12.5. The van der Waals surface area contributed by atoms with Crippen LogP contribution in [-0.2, 0) is 16.4 Å². The van der Waals surface area contributed by atoms with E-state index in [4.69, 9.17) is 5.11 Å². The van der Waals surface area contributed by atoms with E-state index in [-0.39, 0.29) is 9.20 Å². The summed E-state index contributed by atoms with van der Waals surface area (Å²) in [5.74, 6) is 0. The number of alkyl halides is 3. The number of aliphatic hydroxyl groups is 1. The number of hydrogen-bond donors (Lipinski definition) is 1. The summed E-state index contributed by atoms with van der Waals surface area (Å²) in [7, 11) is -4.27. The molecular weight excluding hydrogens is 307 g/mol. The smallest absolute Gasteiger partial charge is 0.395 e. The lowest BCUT2D eigenvalue weighted by molar-refractivity contribution is -0.136. The van der Waals surface area contributed by atoms with Gasteiger partial charge in [0.05, 0.1) is 11.5 Å². The highest BCUT2D eigenvalue weighted by Crippen LogP contribution is 2.22. The molecule has 0 spiro atoms. The molecule has 0 unspecified atom stereocenters. The summed E-state index contributed by atoms with van der Waals surface area (Å²) in [4.78, 5) is -0.208. The van der Waals surface area contributed by atoms with E-state index >= 15 is 0 Å². The molecule has 0 aliphatic heterocycles. The van der Waals surface area contributed by atoms with Gasteiger partial charge in [-0.05, 0) is 24.1 Å². The van der Waals surface area contributed by atoms with E-state index < -0.39 is 35.9 Å². The molecule has 4 nitrogen and oxygen atoms in total. The van der Waals surface area contributed by atoms with Crippen LogP contribution in [0, 0.1) is 0 Å². The standard InChI is InChI=1S/C13H18F3NO3S/c1-2-3-11-4-6-12(7-5-11)21(19,20)17(8-9-18)10-13(14,15)16/h4-7,18H,2-3,8-10H2,1H3. The second-order valence-corrected chi connectivity index (χ2v) is 6.51. The van der Waals surface area contributed by atoms with Crippen LogP contribution in [0.2, 0.25) is 0 Å². The zero-order valence-electron chi connectivity index (χ0n) is 11.6. The highest BCUT2D eigenvalue weighted by atomic mass is 32.2. The molecule has 1 aromatic carbocycles. The molecule has 21 heavy (non-hydrogen) atoms. The SMILES string of the molecule is CCCc1ccc(S(=O)(=O)N(CCO)CC(F)(F)F)cc1. The Morgan fingerprint density at radius 2 is 1.76 bits per heavy atom. The number of nitrogens with zero attached hydrogens (tertiary/aromatic N) is 1. The molecule has 0 atom stereocenters. The van der Waals surface area contributed by atoms with Crippen molar-refractivity contribution in [2.75, 3.05) is 19.7 Å². The summed E-state index contributed by atoms with van der Waals surface area (Å²) in [5, 5.41) is 8.78. The van der Waals surface area contributed by atoms with Gasteiger partial charge in [-0.2, -0.15) is 17.5 Å². The van der Waals surface area contributed by atoms with Gasteiger partial charge in [-0.15, -0.1) is 0 Å². The summed E-state index contributed by atoms with van der Waals surface area (Å²) in [6.45, 7) is -0.925. The molecule has 0 bridgehead atoms. The summed E-state index contributed by atoms with van der Waals surface area (Å²) < 4.78 is 62.0. The van der Waals surface area contributed by atoms with E-state index in [0.717, 1.165) is 18.4 Å². The van der Waals surface area contributed by atoms with E-state index in [2.05, 4.69) is 0 Å². The van der Waals surface area contributed by atoms with Crippen molar-refractivity contribution in [3.63, 3.8) is 0 Å². The van der Waals surface area contributed by atoms with E-state index in [0.29, 0.717) is 0 Å². The second kappa shape index (κ2) is 7.24. The van der Waals surface area contributed by atoms with Gasteiger partial charge in [0.25, 0.3) is 0 Å². The Hall–Kier alpha value is -1.12. The molecule has 1 N–H and O–H groups in total. The Bertz CT molecular complexity index is 541. The Morgan fingerprint density at radius 1 is 1.19 bits per heavy atom. The van der Waals surface area contributed by atoms with Crippen molar-refractivity contribution in [1.82, 2.24) is 4.31 Å². The predicted octanol–water partition coefficient (Wildman–Crippen LogP) is 2.18. The number of sulfonamides is 1. The van der Waals surface area contributed by atoms with Crippen LogP contribution in [0.1, 0.15) is 18.9 Å². The summed E-state index contributed by atoms with van der Waals surface area (Å²) in [6.07, 6.45) is -3.01. The minimum Gasteiger partial charge on any atom is -0.395 e. The van der Waals surface area contributed by atoms with Gasteiger partial charge in [-0.25, -0.2) is 8.42 Å². The molecule has 120 valence electrons. The molecule has 0 radical (unpaired) electrons. The zero-order valence-corrected chi connectivity index (χ0v) is 12.4. The molecule has 0 saturated carbocycles. The fourth-order valence-corrected chi connectivity index (χ4v) is 3.28. The van der Waals surface area contributed by atoms with Gasteiger partial charge < -0.3 is 5.11 Å². The van der Waals surface area contributed by atoms with E-state index in [1.807, 2.05) is 6.92 Å². The minimum absolute atomic E-state index is 0.208. The van der Waals surface area contributed by atoms with Crippen LogP contribution in [0.3, 0.4) is 0 Å². The van der Waals surface area contributed by atoms with Crippen LogP contribution in [0.5, 0.6) is 0 Å². The molecule has 0 saturated heterocycles. The monoisotopic (exact) mass is 325 g/mol. The molecule has 0 amide bonds. The molecule has 0 heterocycles. The number of benzene rings is 1. The molecular formula is C13H18F3NO3S. The largest absolute Gasteiger partial charge is 0.402 e. The first kappa shape index (κ1) is 17.9. The summed E-state index contributed by atoms with van der Waals surface area (Å²) in [5.41, 5.74) is 0.918. The first-order valence-electron chi connectivity index (χ1n) is 6.47. The van der Waals surface area contributed by atoms with Crippen LogP contribution in [-0.4, -0.2) is 43.7 Å². The third kappa shape index (κ3) is 5.29. The molecule has 0 aliphatic carbocycles. The van der Waals surface area contributed by atoms with Crippen molar-refractivity contribution < 1.29 is 26.7 Å². The van der Waals surface area contributed by atoms with Crippen molar-refractivity contribution in [3.8, 4) is 0 Å². The molecule has 1 aromatic rings. The lowest BCUT2D eigenvalue weighted by atomic mass is 10.1. The van der Waals surface area contributed by atoms with E-state index in [1.165, 1.54) is 12.1 Å². The van der Waals surface area contributed by atoms with Crippen LogP contribution in [0.25, 0.3) is 0 Å². The Balaban J connectivity index is 3.04. The van der Waals surface area contributed by atoms with Gasteiger partial charge in [0.15, 0.2) is 0 Å². The van der Waals surface area contributed by atoms with Crippen molar-refractivity contribution in [1.29, 1.82) is 0 Å². The number of hydrogen-bond acceptors (Lipinski definition) is 3. The van der Waals surface area contributed by atoms with Crippen LogP contribution in [0.4, 0.5) is 13.2 Å². The number of aliphatic hydroxyl groups excluding tert-OH is 1. The maximum Gasteiger partial charge on any atom is 0.402 e. The first-order valence-corrected chi connectivity index (χ1v) is 7.91. The number of halogens is 3. The average molecular weight is 325 g/mol. The quantitative estimate of drug-likeness (QED) is 0.836. The van der Waals surface area contributed by atoms with Crippen molar-refractivity contribution in [3.05, 3.63) is 29.8 Å². The van der Waals surface area contributed by atoms with Gasteiger partial charge in [0, 0.05) is 6.54 Å². The lowest BCUT2D eigenvalue weighted by Crippen LogP contribution is -2.40. The molecule has 1 rings (SSSR count). The van der Waals surface area contributed by atoms with E-state index in [9.17, 15) is 21.6 Å². The summed E-state index contributed by atoms with van der Waals surface area (Å²) >= 11 is 0. The Labute approximate surface area is 122 Å². The average Bonchev–Trinajstić information content (AvgIpc) is 2.38. The number of rotatable bonds is 7. The fourth-order valence-electron chi connectivity index (χ4n) is 1.86. The van der Waals surface area contributed by atoms with Crippen molar-refractivity contribution in [2.24, 2.45) is 0 Å². The van der Waals surface area contributed by atoms with Gasteiger partial charge in [-0.3, -0.25) is 0 Å². The zero-order chi connectivity index (χ0) is 16.1. The van der Waals surface area contributed by atoms with Crippen LogP contribution in [0.15, 0.2) is 29.2 Å². The van der Waals surface area contributed by atoms with Crippen LogP contribution >= 0.6 is 0 Å². The van der Waals surface area contributed by atoms with Gasteiger partial charge in [0.1, 0.15) is 6.54 Å². The third-order valence-corrected chi connectivity index (χ3v) is 4.66. The molecule has 0 aromatic heterocycles. The first-order chi connectivity index (χ1) is 9.70. The Morgan fingerprint density at radius 3 is 2.19 bits per heavy atom. The van der Waals surface area contributed by atoms with Gasteiger partial charge in [-0.1, -0.05) is 25.5 Å². The maximum absolute atomic E-state index is 12.5. The van der Waals surface area contributed by atoms with Crippen molar-refractivity contribution in [2.45, 2.75) is 30.8 Å². The second-order valence-electron chi connectivity index (χ2n) is 4.57. The Kier molecular flexibility index (Phi) is 6.18. The van der Waals surface area contributed by atoms with Crippen molar-refractivity contribution >= 4 is 10.0 Å². The van der Waals surface area contributed by atoms with Gasteiger partial charge >= 0.3 is 6.18 Å². The lowest BCUT2D eigenvalue weighted by Gasteiger charge is -2.22. The fraction of sp³-hybridized carbons (Fsp3) is 0.538. The van der Waals surface area contributed by atoms with Crippen LogP contribution < -0.4 is 0 Å². The molecule has 8 heteroatoms. The minimum atomic E-state index is -4.66. The predicted molar refractivity (Wildman–Crippen MR) is 72.3 cm³/mol. The summed E-state index contributed by atoms with van der Waals surface area (Å²) in [6, 6.07) is 5.75. The normalized spacial score (nSPS) is 12.9. The van der Waals surface area contributed by atoms with E-state index in [1.54, 1.807) is 12.1 Å². The molecule has 0 aliphatic rings. The van der Waals surface area contributed by atoms with Gasteiger partial charge in [0.2, 0.25) is 10.0 Å².